The fourth-order valence-electron chi connectivity index (χ4n) is 2.49. The normalized spacial score (nSPS) is 11.2. The zero-order valence-electron chi connectivity index (χ0n) is 15.4. The Balaban J connectivity index is 1.80. The lowest BCUT2D eigenvalue weighted by Gasteiger charge is -2.07. The maximum atomic E-state index is 12.4. The Bertz CT molecular complexity index is 1140. The van der Waals surface area contributed by atoms with Crippen molar-refractivity contribution in [3.63, 3.8) is 0 Å². The van der Waals surface area contributed by atoms with Crippen LogP contribution < -0.4 is 14.2 Å². The number of para-hydroxylation sites is 1. The SMILES string of the molecule is COc1ccc(-c2noc(CNS(=O)(=O)c3ccccc3[N+](=O)[O-])n2)c(OC)c1. The van der Waals surface area contributed by atoms with Gasteiger partial charge in [-0.3, -0.25) is 10.1 Å². The first-order valence-electron chi connectivity index (χ1n) is 8.14. The molecule has 1 aromatic heterocycles. The van der Waals surface area contributed by atoms with Gasteiger partial charge in [-0.25, -0.2) is 13.1 Å². The van der Waals surface area contributed by atoms with E-state index in [1.807, 2.05) is 0 Å². The Morgan fingerprint density at radius 1 is 1.17 bits per heavy atom. The first-order valence-corrected chi connectivity index (χ1v) is 9.62. The van der Waals surface area contributed by atoms with Gasteiger partial charge < -0.3 is 14.0 Å². The molecule has 0 aliphatic heterocycles. The Labute approximate surface area is 165 Å². The number of nitrogens with one attached hydrogen (secondary N) is 1. The summed E-state index contributed by atoms with van der Waals surface area (Å²) in [6.45, 7) is -0.347. The van der Waals surface area contributed by atoms with Crippen LogP contribution in [0.1, 0.15) is 5.89 Å². The maximum Gasteiger partial charge on any atom is 0.289 e. The van der Waals surface area contributed by atoms with Crippen molar-refractivity contribution in [2.24, 2.45) is 0 Å². The lowest BCUT2D eigenvalue weighted by Crippen LogP contribution is -2.24. The van der Waals surface area contributed by atoms with Gasteiger partial charge in [0, 0.05) is 12.1 Å². The largest absolute Gasteiger partial charge is 0.497 e. The predicted molar refractivity (Wildman–Crippen MR) is 100.0 cm³/mol. The van der Waals surface area contributed by atoms with E-state index < -0.39 is 25.5 Å². The summed E-state index contributed by atoms with van der Waals surface area (Å²) in [6.07, 6.45) is 0. The van der Waals surface area contributed by atoms with Crippen LogP contribution in [0.4, 0.5) is 5.69 Å². The van der Waals surface area contributed by atoms with Crippen molar-refractivity contribution >= 4 is 15.7 Å². The second-order valence-corrected chi connectivity index (χ2v) is 7.36. The number of ether oxygens (including phenoxy) is 2. The van der Waals surface area contributed by atoms with Crippen molar-refractivity contribution in [1.82, 2.24) is 14.9 Å². The van der Waals surface area contributed by atoms with Crippen LogP contribution in [0.5, 0.6) is 11.5 Å². The van der Waals surface area contributed by atoms with Gasteiger partial charge in [0.05, 0.1) is 31.3 Å². The van der Waals surface area contributed by atoms with Gasteiger partial charge in [-0.2, -0.15) is 4.98 Å². The molecule has 0 fully saturated rings. The number of aromatic nitrogens is 2. The summed E-state index contributed by atoms with van der Waals surface area (Å²) >= 11 is 0. The van der Waals surface area contributed by atoms with Crippen molar-refractivity contribution in [2.45, 2.75) is 11.4 Å². The van der Waals surface area contributed by atoms with Crippen LogP contribution in [0.15, 0.2) is 51.9 Å². The number of benzene rings is 2. The number of nitrogens with zero attached hydrogens (tertiary/aromatic N) is 3. The minimum absolute atomic E-state index is 0.0277. The molecule has 0 saturated carbocycles. The van der Waals surface area contributed by atoms with Gasteiger partial charge in [-0.05, 0) is 18.2 Å². The zero-order valence-corrected chi connectivity index (χ0v) is 16.2. The maximum absolute atomic E-state index is 12.4. The molecule has 0 unspecified atom stereocenters. The average Bonchev–Trinajstić information content (AvgIpc) is 3.20. The lowest BCUT2D eigenvalue weighted by molar-refractivity contribution is -0.387. The van der Waals surface area contributed by atoms with Crippen molar-refractivity contribution in [3.05, 3.63) is 58.5 Å². The van der Waals surface area contributed by atoms with Gasteiger partial charge in [0.1, 0.15) is 11.5 Å². The van der Waals surface area contributed by atoms with Gasteiger partial charge in [0.15, 0.2) is 4.90 Å². The highest BCUT2D eigenvalue weighted by Gasteiger charge is 2.25. The van der Waals surface area contributed by atoms with E-state index in [0.29, 0.717) is 17.1 Å². The summed E-state index contributed by atoms with van der Waals surface area (Å²) in [6, 6.07) is 10.0. The molecule has 0 radical (unpaired) electrons. The second-order valence-electron chi connectivity index (χ2n) is 5.63. The van der Waals surface area contributed by atoms with Crippen LogP contribution in [0.2, 0.25) is 0 Å². The standard InChI is InChI=1S/C17H16N4O7S/c1-26-11-7-8-12(14(9-11)27-2)17-19-16(28-20-17)10-18-29(24,25)15-6-4-3-5-13(15)21(22)23/h3-9,18H,10H2,1-2H3. The van der Waals surface area contributed by atoms with Gasteiger partial charge >= 0.3 is 0 Å². The molecule has 0 aliphatic rings. The fourth-order valence-corrected chi connectivity index (χ4v) is 3.63. The van der Waals surface area contributed by atoms with Crippen LogP contribution in [0.3, 0.4) is 0 Å². The topological polar surface area (TPSA) is 147 Å². The monoisotopic (exact) mass is 420 g/mol. The van der Waals surface area contributed by atoms with Crippen LogP contribution in [-0.4, -0.2) is 37.7 Å². The van der Waals surface area contributed by atoms with Crippen molar-refractivity contribution in [3.8, 4) is 22.9 Å². The van der Waals surface area contributed by atoms with E-state index in [4.69, 9.17) is 14.0 Å². The third-order valence-corrected chi connectivity index (χ3v) is 5.33. The molecule has 3 aromatic rings. The van der Waals surface area contributed by atoms with Crippen LogP contribution in [0.25, 0.3) is 11.4 Å². The summed E-state index contributed by atoms with van der Waals surface area (Å²) in [4.78, 5) is 14.0. The highest BCUT2D eigenvalue weighted by molar-refractivity contribution is 7.89. The molecule has 0 atom stereocenters. The molecule has 1 heterocycles. The minimum atomic E-state index is -4.17. The summed E-state index contributed by atoms with van der Waals surface area (Å²) < 4.78 is 42.6. The summed E-state index contributed by atoms with van der Waals surface area (Å²) in [7, 11) is -1.18. The molecule has 2 aromatic carbocycles. The molecule has 0 amide bonds. The highest BCUT2D eigenvalue weighted by Crippen LogP contribution is 2.31. The number of methoxy groups -OCH3 is 2. The fraction of sp³-hybridized carbons (Fsp3) is 0.176. The first-order chi connectivity index (χ1) is 13.9. The van der Waals surface area contributed by atoms with E-state index in [1.165, 1.54) is 26.4 Å². The molecular formula is C17H16N4O7S. The molecule has 152 valence electrons. The number of nitro benzene ring substituents is 1. The molecule has 1 N–H and O–H groups in total. The number of rotatable bonds is 8. The predicted octanol–water partition coefficient (Wildman–Crippen LogP) is 2.14. The Hall–Kier alpha value is -3.51. The third kappa shape index (κ3) is 4.33. The van der Waals surface area contributed by atoms with E-state index in [0.717, 1.165) is 12.1 Å². The quantitative estimate of drug-likeness (QED) is 0.427. The highest BCUT2D eigenvalue weighted by atomic mass is 32.2. The van der Waals surface area contributed by atoms with Crippen molar-refractivity contribution < 1.29 is 27.3 Å². The van der Waals surface area contributed by atoms with E-state index in [1.54, 1.807) is 18.2 Å². The van der Waals surface area contributed by atoms with E-state index in [-0.39, 0.29) is 18.3 Å². The molecule has 11 nitrogen and oxygen atoms in total. The van der Waals surface area contributed by atoms with Gasteiger partial charge in [-0.1, -0.05) is 17.3 Å². The molecule has 29 heavy (non-hydrogen) atoms. The molecule has 3 rings (SSSR count). The first kappa shape index (κ1) is 20.2. The number of sulfonamides is 1. The minimum Gasteiger partial charge on any atom is -0.497 e. The van der Waals surface area contributed by atoms with E-state index >= 15 is 0 Å². The lowest BCUT2D eigenvalue weighted by atomic mass is 10.2. The van der Waals surface area contributed by atoms with Gasteiger partial charge in [-0.15, -0.1) is 0 Å². The molecule has 0 saturated heterocycles. The summed E-state index contributed by atoms with van der Waals surface area (Å²) in [5.74, 6) is 1.17. The summed E-state index contributed by atoms with van der Waals surface area (Å²) in [5, 5.41) is 14.9. The zero-order chi connectivity index (χ0) is 21.0. The second kappa shape index (κ2) is 8.24. The number of nitro groups is 1. The van der Waals surface area contributed by atoms with Crippen molar-refractivity contribution in [1.29, 1.82) is 0 Å². The Morgan fingerprint density at radius 2 is 1.93 bits per heavy atom. The van der Waals surface area contributed by atoms with Crippen molar-refractivity contribution in [2.75, 3.05) is 14.2 Å². The van der Waals surface area contributed by atoms with Gasteiger partial charge in [0.2, 0.25) is 21.7 Å². The van der Waals surface area contributed by atoms with E-state index in [9.17, 15) is 18.5 Å². The smallest absolute Gasteiger partial charge is 0.289 e. The molecular weight excluding hydrogens is 404 g/mol. The molecule has 0 spiro atoms. The van der Waals surface area contributed by atoms with E-state index in [2.05, 4.69) is 14.9 Å². The Kier molecular flexibility index (Phi) is 5.75. The molecule has 12 heteroatoms. The summed E-state index contributed by atoms with van der Waals surface area (Å²) in [5.41, 5.74) is -0.0148. The van der Waals surface area contributed by atoms with Crippen LogP contribution in [-0.2, 0) is 16.6 Å². The van der Waals surface area contributed by atoms with Crippen LogP contribution >= 0.6 is 0 Å². The number of hydrogen-bond acceptors (Lipinski definition) is 9. The average molecular weight is 420 g/mol. The van der Waals surface area contributed by atoms with Gasteiger partial charge in [0.25, 0.3) is 5.69 Å². The number of hydrogen-bond donors (Lipinski definition) is 1. The van der Waals surface area contributed by atoms with Crippen LogP contribution in [0, 0.1) is 10.1 Å². The Morgan fingerprint density at radius 3 is 2.62 bits per heavy atom. The third-order valence-electron chi connectivity index (χ3n) is 3.88. The molecule has 0 aliphatic carbocycles. The molecule has 0 bridgehead atoms.